The number of hydrogen-bond acceptors (Lipinski definition) is 2. The summed E-state index contributed by atoms with van der Waals surface area (Å²) in [5, 5.41) is 1.42. The van der Waals surface area contributed by atoms with Crippen molar-refractivity contribution in [2.24, 2.45) is 0 Å². The molecule has 2 nitrogen and oxygen atoms in total. The fourth-order valence-electron chi connectivity index (χ4n) is 4.90. The molecule has 0 radical (unpaired) electrons. The molecule has 0 amide bonds. The summed E-state index contributed by atoms with van der Waals surface area (Å²) in [5.74, 6) is 1.89. The predicted molar refractivity (Wildman–Crippen MR) is 105 cm³/mol. The van der Waals surface area contributed by atoms with Crippen LogP contribution >= 0.6 is 7.26 Å². The smallest absolute Gasteiger partial charge is 0.161 e. The van der Waals surface area contributed by atoms with Crippen LogP contribution in [0.4, 0.5) is 0 Å². The van der Waals surface area contributed by atoms with E-state index in [-0.39, 0.29) is 0 Å². The average Bonchev–Trinajstić information content (AvgIpc) is 2.68. The molecule has 3 heteroatoms. The molecular formula is C21H33O2P. The maximum atomic E-state index is 5.82. The maximum Gasteiger partial charge on any atom is 0.161 e. The van der Waals surface area contributed by atoms with Gasteiger partial charge in [0.15, 0.2) is 5.75 Å². The quantitative estimate of drug-likeness (QED) is 0.494. The molecule has 0 atom stereocenters. The first kappa shape index (κ1) is 18.1. The molecule has 2 saturated carbocycles. The van der Waals surface area contributed by atoms with Crippen molar-refractivity contribution < 1.29 is 9.47 Å². The predicted octanol–water partition coefficient (Wildman–Crippen LogP) is 5.80. The first-order valence-electron chi connectivity index (χ1n) is 9.65. The van der Waals surface area contributed by atoms with Crippen LogP contribution in [0.5, 0.6) is 11.5 Å². The van der Waals surface area contributed by atoms with E-state index in [0.29, 0.717) is 0 Å². The molecule has 0 N–H and O–H groups in total. The van der Waals surface area contributed by atoms with Crippen molar-refractivity contribution in [3.8, 4) is 11.5 Å². The fourth-order valence-corrected chi connectivity index (χ4v) is 9.78. The molecule has 3 rings (SSSR count). The topological polar surface area (TPSA) is 18.5 Å². The van der Waals surface area contributed by atoms with Crippen LogP contribution in [0.2, 0.25) is 0 Å². The third-order valence-corrected chi connectivity index (χ3v) is 11.2. The Bertz CT molecular complexity index is 513. The zero-order chi connectivity index (χ0) is 17.0. The molecule has 0 heterocycles. The molecule has 0 aliphatic heterocycles. The van der Waals surface area contributed by atoms with Gasteiger partial charge in [0.1, 0.15) is 11.1 Å². The van der Waals surface area contributed by atoms with Gasteiger partial charge in [-0.1, -0.05) is 20.1 Å². The van der Waals surface area contributed by atoms with Crippen molar-refractivity contribution in [3.63, 3.8) is 0 Å². The summed E-state index contributed by atoms with van der Waals surface area (Å²) in [6.45, 7) is 5.04. The first-order chi connectivity index (χ1) is 11.7. The van der Waals surface area contributed by atoms with E-state index in [1.54, 1.807) is 14.2 Å². The zero-order valence-corrected chi connectivity index (χ0v) is 16.3. The molecule has 0 bridgehead atoms. The molecule has 24 heavy (non-hydrogen) atoms. The summed E-state index contributed by atoms with van der Waals surface area (Å²) in [6, 6.07) is 6.46. The van der Waals surface area contributed by atoms with Gasteiger partial charge in [-0.2, -0.15) is 6.66 Å². The molecular weight excluding hydrogens is 315 g/mol. The molecule has 134 valence electrons. The largest absolute Gasteiger partial charge is 0.497 e. The Morgan fingerprint density at radius 2 is 1.38 bits per heavy atom. The Morgan fingerprint density at radius 1 is 0.833 bits per heavy atom. The number of methoxy groups -OCH3 is 2. The summed E-state index contributed by atoms with van der Waals surface area (Å²) in [5.41, 5.74) is 1.58. The minimum Gasteiger partial charge on any atom is -0.497 e. The maximum absolute atomic E-state index is 5.82. The summed E-state index contributed by atoms with van der Waals surface area (Å²) in [4.78, 5) is 0. The highest BCUT2D eigenvalue weighted by atomic mass is 31.2. The lowest BCUT2D eigenvalue weighted by molar-refractivity contribution is 0.396. The van der Waals surface area contributed by atoms with Crippen molar-refractivity contribution in [1.29, 1.82) is 0 Å². The lowest BCUT2D eigenvalue weighted by atomic mass is 9.99. The van der Waals surface area contributed by atoms with Crippen molar-refractivity contribution >= 4 is 12.6 Å². The SMILES string of the molecule is [CH2-][P+](c1ccc(OC)cc1OC)(C1CCCCC1)C1CCCCC1. The van der Waals surface area contributed by atoms with E-state index in [4.69, 9.17) is 16.1 Å². The third-order valence-electron chi connectivity index (χ3n) is 6.29. The van der Waals surface area contributed by atoms with Crippen LogP contribution in [0.15, 0.2) is 18.2 Å². The van der Waals surface area contributed by atoms with E-state index in [9.17, 15) is 0 Å². The van der Waals surface area contributed by atoms with Crippen molar-refractivity contribution in [3.05, 3.63) is 24.9 Å². The fraction of sp³-hybridized carbons (Fsp3) is 0.667. The van der Waals surface area contributed by atoms with Gasteiger partial charge in [-0.3, -0.25) is 0 Å². The van der Waals surface area contributed by atoms with Crippen LogP contribution < -0.4 is 14.8 Å². The number of ether oxygens (including phenoxy) is 2. The van der Waals surface area contributed by atoms with Crippen LogP contribution in [0.25, 0.3) is 0 Å². The summed E-state index contributed by atoms with van der Waals surface area (Å²) >= 11 is 0. The lowest BCUT2D eigenvalue weighted by Gasteiger charge is -2.47. The second kappa shape index (κ2) is 8.09. The Hall–Kier alpha value is -0.750. The van der Waals surface area contributed by atoms with Gasteiger partial charge < -0.3 is 9.47 Å². The molecule has 1 aromatic rings. The van der Waals surface area contributed by atoms with E-state index >= 15 is 0 Å². The van der Waals surface area contributed by atoms with E-state index in [1.807, 2.05) is 0 Å². The monoisotopic (exact) mass is 348 g/mol. The Balaban J connectivity index is 2.03. The standard InChI is InChI=1S/C21H33O2P/c1-22-17-14-15-21(20(16-17)23-2)24(3,18-10-6-4-7-11-18)19-12-8-5-9-13-19/h14-16,18-19H,3-13H2,1-2H3. The minimum absolute atomic E-state index is 0.789. The van der Waals surface area contributed by atoms with Gasteiger partial charge in [-0.25, -0.2) is 0 Å². The van der Waals surface area contributed by atoms with Crippen LogP contribution in [-0.4, -0.2) is 25.5 Å². The highest BCUT2D eigenvalue weighted by Gasteiger charge is 2.46. The second-order valence-corrected chi connectivity index (χ2v) is 11.4. The van der Waals surface area contributed by atoms with Crippen molar-refractivity contribution in [2.45, 2.75) is 75.5 Å². The van der Waals surface area contributed by atoms with Crippen LogP contribution in [0, 0.1) is 6.66 Å². The molecule has 2 aliphatic rings. The summed E-state index contributed by atoms with van der Waals surface area (Å²) < 4.78 is 11.3. The number of rotatable bonds is 5. The van der Waals surface area contributed by atoms with Gasteiger partial charge in [-0.15, -0.1) is 0 Å². The van der Waals surface area contributed by atoms with Gasteiger partial charge in [0.05, 0.1) is 14.2 Å². The van der Waals surface area contributed by atoms with E-state index in [0.717, 1.165) is 22.8 Å². The highest BCUT2D eigenvalue weighted by Crippen LogP contribution is 2.71. The molecule has 2 aliphatic carbocycles. The summed E-state index contributed by atoms with van der Waals surface area (Å²) in [7, 11) is 2.03. The Kier molecular flexibility index (Phi) is 6.08. The van der Waals surface area contributed by atoms with Crippen LogP contribution in [0.3, 0.4) is 0 Å². The van der Waals surface area contributed by atoms with Gasteiger partial charge in [0.25, 0.3) is 0 Å². The van der Waals surface area contributed by atoms with Crippen LogP contribution in [0.1, 0.15) is 64.2 Å². The third kappa shape index (κ3) is 3.45. The molecule has 1 aromatic carbocycles. The van der Waals surface area contributed by atoms with E-state index in [1.165, 1.54) is 69.5 Å². The van der Waals surface area contributed by atoms with Gasteiger partial charge in [-0.05, 0) is 63.5 Å². The minimum atomic E-state index is -1.49. The number of benzene rings is 1. The van der Waals surface area contributed by atoms with E-state index < -0.39 is 7.26 Å². The van der Waals surface area contributed by atoms with Crippen LogP contribution in [-0.2, 0) is 0 Å². The van der Waals surface area contributed by atoms with Gasteiger partial charge in [0.2, 0.25) is 0 Å². The lowest BCUT2D eigenvalue weighted by Crippen LogP contribution is -2.33. The zero-order valence-electron chi connectivity index (χ0n) is 15.4. The normalized spacial score (nSPS) is 20.8. The molecule has 0 aromatic heterocycles. The van der Waals surface area contributed by atoms with Gasteiger partial charge >= 0.3 is 0 Å². The Labute approximate surface area is 148 Å². The van der Waals surface area contributed by atoms with Crippen molar-refractivity contribution in [2.75, 3.05) is 14.2 Å². The van der Waals surface area contributed by atoms with E-state index in [2.05, 4.69) is 18.2 Å². The number of hydrogen-bond donors (Lipinski definition) is 0. The summed E-state index contributed by atoms with van der Waals surface area (Å²) in [6.07, 6.45) is 13.8. The molecule has 2 fully saturated rings. The second-order valence-electron chi connectivity index (χ2n) is 7.55. The van der Waals surface area contributed by atoms with Crippen molar-refractivity contribution in [1.82, 2.24) is 0 Å². The molecule has 0 unspecified atom stereocenters. The first-order valence-corrected chi connectivity index (χ1v) is 11.8. The van der Waals surface area contributed by atoms with Gasteiger partial charge in [0, 0.05) is 17.4 Å². The highest BCUT2D eigenvalue weighted by molar-refractivity contribution is 7.85. The molecule has 0 spiro atoms. The Morgan fingerprint density at radius 3 is 1.83 bits per heavy atom. The average molecular weight is 348 g/mol. The molecule has 0 saturated heterocycles.